The fourth-order valence-electron chi connectivity index (χ4n) is 5.40. The Hall–Kier alpha value is -2.98. The van der Waals surface area contributed by atoms with E-state index < -0.39 is 11.9 Å². The van der Waals surface area contributed by atoms with Gasteiger partial charge in [-0.25, -0.2) is 4.79 Å². The van der Waals surface area contributed by atoms with E-state index in [2.05, 4.69) is 15.5 Å². The fraction of sp³-hybridized carbons (Fsp3) is 0.583. The molecule has 3 saturated heterocycles. The van der Waals surface area contributed by atoms with Crippen LogP contribution in [0, 0.1) is 5.92 Å². The molecule has 10 heteroatoms. The number of piperidine rings is 2. The van der Waals surface area contributed by atoms with E-state index in [9.17, 15) is 19.2 Å². The first-order valence-corrected chi connectivity index (χ1v) is 12.1. The summed E-state index contributed by atoms with van der Waals surface area (Å²) in [4.78, 5) is 55.3. The molecule has 4 heterocycles. The van der Waals surface area contributed by atoms with Crippen LogP contribution in [-0.4, -0.2) is 90.4 Å². The zero-order valence-electron chi connectivity index (χ0n) is 19.3. The quantitative estimate of drug-likeness (QED) is 0.637. The Morgan fingerprint density at radius 1 is 1.12 bits per heavy atom. The van der Waals surface area contributed by atoms with Crippen LogP contribution in [0.15, 0.2) is 18.2 Å². The molecule has 10 nitrogen and oxygen atoms in total. The van der Waals surface area contributed by atoms with E-state index in [1.807, 2.05) is 11.0 Å². The Labute approximate surface area is 198 Å². The predicted molar refractivity (Wildman–Crippen MR) is 123 cm³/mol. The van der Waals surface area contributed by atoms with Gasteiger partial charge in [-0.3, -0.25) is 24.6 Å². The normalized spacial score (nSPS) is 25.8. The highest BCUT2D eigenvalue weighted by molar-refractivity contribution is 6.05. The average Bonchev–Trinajstić information content (AvgIpc) is 3.15. The van der Waals surface area contributed by atoms with Gasteiger partial charge >= 0.3 is 6.03 Å². The first-order chi connectivity index (χ1) is 16.5. The largest absolute Gasteiger partial charge is 0.379 e. The summed E-state index contributed by atoms with van der Waals surface area (Å²) in [6, 6.07) is 4.48. The Morgan fingerprint density at radius 3 is 2.74 bits per heavy atom. The zero-order valence-corrected chi connectivity index (χ0v) is 19.3. The van der Waals surface area contributed by atoms with E-state index in [4.69, 9.17) is 4.74 Å². The number of benzene rings is 1. The summed E-state index contributed by atoms with van der Waals surface area (Å²) in [7, 11) is 0. The molecule has 5 rings (SSSR count). The van der Waals surface area contributed by atoms with Crippen molar-refractivity contribution in [3.8, 4) is 0 Å². The van der Waals surface area contributed by atoms with E-state index in [1.165, 1.54) is 4.90 Å². The number of ether oxygens (including phenoxy) is 1. The molecule has 3 fully saturated rings. The van der Waals surface area contributed by atoms with Crippen molar-refractivity contribution < 1.29 is 23.9 Å². The number of amides is 5. The van der Waals surface area contributed by atoms with Crippen LogP contribution >= 0.6 is 0 Å². The molecule has 0 spiro atoms. The third-order valence-corrected chi connectivity index (χ3v) is 7.20. The highest BCUT2D eigenvalue weighted by Crippen LogP contribution is 2.30. The molecular weight excluding hydrogens is 438 g/mol. The second kappa shape index (κ2) is 9.71. The second-order valence-corrected chi connectivity index (χ2v) is 9.57. The van der Waals surface area contributed by atoms with Gasteiger partial charge in [0.1, 0.15) is 6.04 Å². The van der Waals surface area contributed by atoms with Gasteiger partial charge in [0.2, 0.25) is 11.8 Å². The number of rotatable bonds is 4. The topological polar surface area (TPSA) is 111 Å². The number of morpholine rings is 1. The number of nitrogens with one attached hydrogen (secondary N) is 2. The lowest BCUT2D eigenvalue weighted by atomic mass is 9.97. The summed E-state index contributed by atoms with van der Waals surface area (Å²) in [5.74, 6) is -0.496. The first kappa shape index (κ1) is 22.8. The summed E-state index contributed by atoms with van der Waals surface area (Å²) >= 11 is 0. The molecule has 5 amide bonds. The van der Waals surface area contributed by atoms with Crippen LogP contribution in [0.2, 0.25) is 0 Å². The van der Waals surface area contributed by atoms with Crippen LogP contribution in [0.1, 0.15) is 41.6 Å². The van der Waals surface area contributed by atoms with Gasteiger partial charge in [0.15, 0.2) is 0 Å². The van der Waals surface area contributed by atoms with Gasteiger partial charge in [-0.15, -0.1) is 0 Å². The predicted octanol–water partition coefficient (Wildman–Crippen LogP) is 1.02. The number of nitrogens with zero attached hydrogens (tertiary/aromatic N) is 3. The lowest BCUT2D eigenvalue weighted by Gasteiger charge is -2.36. The van der Waals surface area contributed by atoms with Gasteiger partial charge in [0.25, 0.3) is 5.91 Å². The number of likely N-dealkylation sites (tertiary alicyclic amines) is 1. The molecular formula is C24H31N5O5. The third kappa shape index (κ3) is 4.78. The maximum Gasteiger partial charge on any atom is 0.321 e. The van der Waals surface area contributed by atoms with E-state index in [0.717, 1.165) is 64.3 Å². The van der Waals surface area contributed by atoms with Crippen molar-refractivity contribution in [3.63, 3.8) is 0 Å². The van der Waals surface area contributed by atoms with Crippen molar-refractivity contribution in [3.05, 3.63) is 29.3 Å². The summed E-state index contributed by atoms with van der Waals surface area (Å²) in [6.45, 7) is 6.20. The average molecular weight is 470 g/mol. The van der Waals surface area contributed by atoms with Crippen molar-refractivity contribution in [1.82, 2.24) is 20.0 Å². The molecule has 1 unspecified atom stereocenters. The highest BCUT2D eigenvalue weighted by Gasteiger charge is 2.39. The molecule has 1 aromatic rings. The minimum absolute atomic E-state index is 0.127. The van der Waals surface area contributed by atoms with Crippen LogP contribution in [0.4, 0.5) is 10.5 Å². The van der Waals surface area contributed by atoms with Crippen molar-refractivity contribution >= 4 is 29.4 Å². The summed E-state index contributed by atoms with van der Waals surface area (Å²) in [6.07, 6.45) is 2.66. The van der Waals surface area contributed by atoms with Crippen LogP contribution in [0.5, 0.6) is 0 Å². The SMILES string of the molecule is O=C1CCC(N2Cc3cc(NC(=O)N4CCC[C@H](CN5CCOCC5)C4)ccc3C2=O)C(=O)N1. The number of anilines is 1. The van der Waals surface area contributed by atoms with E-state index in [1.54, 1.807) is 12.1 Å². The Kier molecular flexibility index (Phi) is 6.51. The van der Waals surface area contributed by atoms with Gasteiger partial charge in [0, 0.05) is 56.9 Å². The van der Waals surface area contributed by atoms with Crippen molar-refractivity contribution in [2.24, 2.45) is 5.92 Å². The molecule has 182 valence electrons. The van der Waals surface area contributed by atoms with Gasteiger partial charge in [0.05, 0.1) is 13.2 Å². The second-order valence-electron chi connectivity index (χ2n) is 9.57. The maximum absolute atomic E-state index is 13.0. The molecule has 1 aromatic carbocycles. The Balaban J connectivity index is 1.19. The fourth-order valence-corrected chi connectivity index (χ4v) is 5.40. The summed E-state index contributed by atoms with van der Waals surface area (Å²) < 4.78 is 5.43. The number of carbonyl (C=O) groups is 4. The van der Waals surface area contributed by atoms with Gasteiger partial charge in [-0.2, -0.15) is 0 Å². The monoisotopic (exact) mass is 469 g/mol. The zero-order chi connectivity index (χ0) is 23.7. The lowest BCUT2D eigenvalue weighted by Crippen LogP contribution is -2.52. The number of imide groups is 1. The minimum Gasteiger partial charge on any atom is -0.379 e. The summed E-state index contributed by atoms with van der Waals surface area (Å²) in [5, 5.41) is 5.30. The smallest absolute Gasteiger partial charge is 0.321 e. The lowest BCUT2D eigenvalue weighted by molar-refractivity contribution is -0.136. The number of urea groups is 1. The van der Waals surface area contributed by atoms with Crippen LogP contribution in [0.25, 0.3) is 0 Å². The molecule has 2 N–H and O–H groups in total. The van der Waals surface area contributed by atoms with Gasteiger partial charge in [-0.1, -0.05) is 0 Å². The third-order valence-electron chi connectivity index (χ3n) is 7.20. The van der Waals surface area contributed by atoms with Crippen molar-refractivity contribution in [2.75, 3.05) is 51.3 Å². The summed E-state index contributed by atoms with van der Waals surface area (Å²) in [5.41, 5.74) is 1.94. The van der Waals surface area contributed by atoms with E-state index in [-0.39, 0.29) is 30.8 Å². The van der Waals surface area contributed by atoms with Crippen molar-refractivity contribution in [1.29, 1.82) is 0 Å². The number of fused-ring (bicyclic) bond motifs is 1. The molecule has 0 radical (unpaired) electrons. The highest BCUT2D eigenvalue weighted by atomic mass is 16.5. The Morgan fingerprint density at radius 2 is 1.94 bits per heavy atom. The van der Waals surface area contributed by atoms with E-state index in [0.29, 0.717) is 23.6 Å². The minimum atomic E-state index is -0.646. The standard InChI is InChI=1S/C24H31N5O5/c30-21-6-5-20(22(31)26-21)29-15-17-12-18(3-4-19(17)23(29)32)25-24(33)28-7-1-2-16(14-28)13-27-8-10-34-11-9-27/h3-4,12,16,20H,1-2,5-11,13-15H2,(H,25,33)(H,26,30,31)/t16-,20?/m1/s1. The molecule has 2 atom stereocenters. The van der Waals surface area contributed by atoms with Crippen LogP contribution in [0.3, 0.4) is 0 Å². The maximum atomic E-state index is 13.0. The molecule has 4 aliphatic rings. The molecule has 0 bridgehead atoms. The molecule has 4 aliphatic heterocycles. The molecule has 0 aliphatic carbocycles. The van der Waals surface area contributed by atoms with Crippen molar-refractivity contribution in [2.45, 2.75) is 38.3 Å². The molecule has 0 saturated carbocycles. The van der Waals surface area contributed by atoms with Gasteiger partial charge < -0.3 is 19.9 Å². The number of hydrogen-bond acceptors (Lipinski definition) is 6. The number of carbonyl (C=O) groups excluding carboxylic acids is 4. The van der Waals surface area contributed by atoms with E-state index >= 15 is 0 Å². The molecule has 0 aromatic heterocycles. The molecule has 34 heavy (non-hydrogen) atoms. The van der Waals surface area contributed by atoms with Gasteiger partial charge in [-0.05, 0) is 48.9 Å². The van der Waals surface area contributed by atoms with Crippen LogP contribution < -0.4 is 10.6 Å². The first-order valence-electron chi connectivity index (χ1n) is 12.1. The van der Waals surface area contributed by atoms with Crippen LogP contribution in [-0.2, 0) is 20.9 Å². The Bertz CT molecular complexity index is 992. The number of hydrogen-bond donors (Lipinski definition) is 2.